The van der Waals surface area contributed by atoms with Gasteiger partial charge in [-0.05, 0) is 50.9 Å². The van der Waals surface area contributed by atoms with Crippen LogP contribution in [0.3, 0.4) is 0 Å². The molecule has 2 aliphatic heterocycles. The molecule has 2 unspecified atom stereocenters. The quantitative estimate of drug-likeness (QED) is 0.756. The van der Waals surface area contributed by atoms with E-state index in [-0.39, 0.29) is 5.82 Å². The van der Waals surface area contributed by atoms with Crippen molar-refractivity contribution in [1.82, 2.24) is 19.4 Å². The van der Waals surface area contributed by atoms with Crippen LogP contribution in [0.2, 0.25) is 0 Å². The Morgan fingerprint density at radius 2 is 2.04 bits per heavy atom. The zero-order valence-electron chi connectivity index (χ0n) is 16.3. The van der Waals surface area contributed by atoms with Gasteiger partial charge in [0.1, 0.15) is 16.9 Å². The Balaban J connectivity index is 1.65. The maximum absolute atomic E-state index is 13.3. The average Bonchev–Trinajstić information content (AvgIpc) is 3.25. The lowest BCUT2D eigenvalue weighted by molar-refractivity contribution is 0.0381. The molecule has 2 atom stereocenters. The first-order valence-electron chi connectivity index (χ1n) is 10.0. The number of aliphatic hydroxyl groups is 1. The maximum Gasteiger partial charge on any atom is 0.159 e. The third kappa shape index (κ3) is 2.74. The minimum Gasteiger partial charge on any atom is -0.384 e. The molecule has 0 spiro atoms. The molecule has 1 saturated heterocycles. The van der Waals surface area contributed by atoms with Crippen LogP contribution in [0.25, 0.3) is 11.2 Å². The highest BCUT2D eigenvalue weighted by Crippen LogP contribution is 2.42. The van der Waals surface area contributed by atoms with Crippen molar-refractivity contribution in [3.8, 4) is 0 Å². The van der Waals surface area contributed by atoms with Crippen LogP contribution >= 0.6 is 0 Å². The number of hydrogen-bond donors (Lipinski definition) is 1. The summed E-state index contributed by atoms with van der Waals surface area (Å²) in [6, 6.07) is 6.50. The second-order valence-electron chi connectivity index (χ2n) is 8.35. The van der Waals surface area contributed by atoms with E-state index in [1.54, 1.807) is 25.3 Å². The van der Waals surface area contributed by atoms with Crippen LogP contribution in [-0.4, -0.2) is 37.6 Å². The van der Waals surface area contributed by atoms with E-state index in [0.29, 0.717) is 18.2 Å². The van der Waals surface area contributed by atoms with Gasteiger partial charge in [-0.25, -0.2) is 14.4 Å². The molecule has 28 heavy (non-hydrogen) atoms. The zero-order valence-corrected chi connectivity index (χ0v) is 16.3. The second-order valence-corrected chi connectivity index (χ2v) is 8.35. The lowest BCUT2D eigenvalue weighted by Gasteiger charge is -2.32. The summed E-state index contributed by atoms with van der Waals surface area (Å²) in [6.45, 7) is 6.30. The van der Waals surface area contributed by atoms with Gasteiger partial charge in [0.25, 0.3) is 0 Å². The van der Waals surface area contributed by atoms with Crippen molar-refractivity contribution in [2.75, 3.05) is 13.1 Å². The van der Waals surface area contributed by atoms with E-state index >= 15 is 0 Å². The van der Waals surface area contributed by atoms with Crippen molar-refractivity contribution in [2.24, 2.45) is 0 Å². The van der Waals surface area contributed by atoms with Gasteiger partial charge in [-0.3, -0.25) is 4.90 Å². The Morgan fingerprint density at radius 1 is 1.25 bits per heavy atom. The standard InChI is InChI=1S/C22H25FN4O/c1-14-12-24-21-20(25-14)19-17-4-3-10-26(17)11-9-18(19)27(21)13-22(2,28)15-5-7-16(23)8-6-15/h5-8,12,17,28H,3-4,9-11,13H2,1-2H3. The first kappa shape index (κ1) is 17.8. The van der Waals surface area contributed by atoms with E-state index in [4.69, 9.17) is 9.97 Å². The van der Waals surface area contributed by atoms with E-state index < -0.39 is 5.60 Å². The smallest absolute Gasteiger partial charge is 0.159 e. The Bertz CT molecular complexity index is 1040. The molecule has 146 valence electrons. The Kier molecular flexibility index (Phi) is 4.03. The highest BCUT2D eigenvalue weighted by Gasteiger charge is 2.37. The summed E-state index contributed by atoms with van der Waals surface area (Å²) < 4.78 is 15.5. The summed E-state index contributed by atoms with van der Waals surface area (Å²) in [5, 5.41) is 11.2. The average molecular weight is 380 g/mol. The second kappa shape index (κ2) is 6.36. The summed E-state index contributed by atoms with van der Waals surface area (Å²) in [6.07, 6.45) is 5.09. The normalized spacial score (nSPS) is 21.5. The predicted octanol–water partition coefficient (Wildman–Crippen LogP) is 3.48. The van der Waals surface area contributed by atoms with Crippen molar-refractivity contribution in [1.29, 1.82) is 0 Å². The SMILES string of the molecule is Cc1cnc2c(n1)c1c(n2CC(C)(O)c2ccc(F)cc2)CCN2CCCC12. The van der Waals surface area contributed by atoms with E-state index in [1.165, 1.54) is 29.8 Å². The fraction of sp³-hybridized carbons (Fsp3) is 0.455. The van der Waals surface area contributed by atoms with Crippen LogP contribution < -0.4 is 0 Å². The minimum absolute atomic E-state index is 0.300. The fourth-order valence-corrected chi connectivity index (χ4v) is 4.93. The molecule has 1 aromatic carbocycles. The Hall–Kier alpha value is -2.31. The molecule has 0 aliphatic carbocycles. The van der Waals surface area contributed by atoms with Crippen molar-refractivity contribution in [3.63, 3.8) is 0 Å². The molecule has 5 nitrogen and oxygen atoms in total. The van der Waals surface area contributed by atoms with Crippen molar-refractivity contribution in [3.05, 3.63) is 58.8 Å². The summed E-state index contributed by atoms with van der Waals surface area (Å²) >= 11 is 0. The molecule has 0 saturated carbocycles. The number of rotatable bonds is 3. The first-order chi connectivity index (χ1) is 13.4. The van der Waals surface area contributed by atoms with Gasteiger partial charge in [-0.15, -0.1) is 0 Å². The number of fused-ring (bicyclic) bond motifs is 5. The van der Waals surface area contributed by atoms with E-state index in [9.17, 15) is 9.50 Å². The molecule has 1 N–H and O–H groups in total. The van der Waals surface area contributed by atoms with Crippen molar-refractivity contribution in [2.45, 2.75) is 51.3 Å². The topological polar surface area (TPSA) is 54.2 Å². The predicted molar refractivity (Wildman–Crippen MR) is 105 cm³/mol. The summed E-state index contributed by atoms with van der Waals surface area (Å²) in [7, 11) is 0. The molecule has 0 amide bonds. The fourth-order valence-electron chi connectivity index (χ4n) is 4.93. The molecule has 2 aliphatic rings. The molecule has 0 bridgehead atoms. The summed E-state index contributed by atoms with van der Waals surface area (Å²) in [5.74, 6) is -0.300. The van der Waals surface area contributed by atoms with Crippen molar-refractivity contribution < 1.29 is 9.50 Å². The monoisotopic (exact) mass is 380 g/mol. The summed E-state index contributed by atoms with van der Waals surface area (Å²) in [5.41, 5.74) is 4.83. The van der Waals surface area contributed by atoms with Gasteiger partial charge in [-0.1, -0.05) is 12.1 Å². The Morgan fingerprint density at radius 3 is 2.82 bits per heavy atom. The third-order valence-corrected chi connectivity index (χ3v) is 6.29. The van der Waals surface area contributed by atoms with Gasteiger partial charge in [0.2, 0.25) is 0 Å². The number of benzene rings is 1. The largest absolute Gasteiger partial charge is 0.384 e. The number of aryl methyl sites for hydroxylation is 1. The maximum atomic E-state index is 13.3. The number of halogens is 1. The first-order valence-corrected chi connectivity index (χ1v) is 10.0. The zero-order chi connectivity index (χ0) is 19.5. The van der Waals surface area contributed by atoms with Crippen LogP contribution in [0.15, 0.2) is 30.5 Å². The van der Waals surface area contributed by atoms with Crippen LogP contribution in [0.1, 0.15) is 48.3 Å². The number of aromatic nitrogens is 3. The van der Waals surface area contributed by atoms with E-state index in [0.717, 1.165) is 42.8 Å². The summed E-state index contributed by atoms with van der Waals surface area (Å²) in [4.78, 5) is 12.1. The molecule has 0 radical (unpaired) electrons. The molecule has 3 aromatic rings. The number of nitrogens with zero attached hydrogens (tertiary/aromatic N) is 4. The van der Waals surface area contributed by atoms with E-state index in [2.05, 4.69) is 9.47 Å². The molecule has 2 aromatic heterocycles. The molecule has 4 heterocycles. The van der Waals surface area contributed by atoms with E-state index in [1.807, 2.05) is 6.92 Å². The van der Waals surface area contributed by atoms with Gasteiger partial charge in [0.05, 0.1) is 18.4 Å². The van der Waals surface area contributed by atoms with Crippen molar-refractivity contribution >= 4 is 11.2 Å². The lowest BCUT2D eigenvalue weighted by Crippen LogP contribution is -2.33. The molecular weight excluding hydrogens is 355 g/mol. The molecule has 5 rings (SSSR count). The van der Waals surface area contributed by atoms with Crippen LogP contribution in [0, 0.1) is 12.7 Å². The van der Waals surface area contributed by atoms with Gasteiger partial charge in [0, 0.05) is 30.3 Å². The third-order valence-electron chi connectivity index (χ3n) is 6.29. The number of hydrogen-bond acceptors (Lipinski definition) is 4. The van der Waals surface area contributed by atoms with Crippen LogP contribution in [-0.2, 0) is 18.6 Å². The molecule has 1 fully saturated rings. The molecular formula is C22H25FN4O. The molecule has 6 heteroatoms. The van der Waals surface area contributed by atoms with Crippen LogP contribution in [0.5, 0.6) is 0 Å². The minimum atomic E-state index is -1.13. The van der Waals surface area contributed by atoms with Gasteiger partial charge >= 0.3 is 0 Å². The Labute approximate surface area is 163 Å². The highest BCUT2D eigenvalue weighted by molar-refractivity contribution is 5.79. The van der Waals surface area contributed by atoms with Crippen LogP contribution in [0.4, 0.5) is 4.39 Å². The van der Waals surface area contributed by atoms with Gasteiger partial charge in [-0.2, -0.15) is 0 Å². The highest BCUT2D eigenvalue weighted by atomic mass is 19.1. The van der Waals surface area contributed by atoms with Gasteiger partial charge < -0.3 is 9.67 Å². The van der Waals surface area contributed by atoms with Gasteiger partial charge in [0.15, 0.2) is 5.65 Å². The lowest BCUT2D eigenvalue weighted by atomic mass is 9.95.